The molecule has 1 N–H and O–H groups in total. The number of carbonyl (C=O) groups is 1. The summed E-state index contributed by atoms with van der Waals surface area (Å²) in [7, 11) is 2.16. The summed E-state index contributed by atoms with van der Waals surface area (Å²) in [6.45, 7) is 7.40. The Balaban J connectivity index is 1.59. The Kier molecular flexibility index (Phi) is 6.87. The topological polar surface area (TPSA) is 35.6 Å². The molecule has 4 heteroatoms. The molecule has 4 nitrogen and oxygen atoms in total. The number of hydrogen-bond donors (Lipinski definition) is 1. The van der Waals surface area contributed by atoms with Gasteiger partial charge in [-0.15, -0.1) is 0 Å². The Hall–Kier alpha value is -1.39. The van der Waals surface area contributed by atoms with Crippen LogP contribution < -0.4 is 5.32 Å². The van der Waals surface area contributed by atoms with Crippen molar-refractivity contribution in [3.63, 3.8) is 0 Å². The van der Waals surface area contributed by atoms with Crippen molar-refractivity contribution in [2.24, 2.45) is 0 Å². The molecule has 1 amide bonds. The summed E-state index contributed by atoms with van der Waals surface area (Å²) in [5.41, 5.74) is 1.31. The summed E-state index contributed by atoms with van der Waals surface area (Å²) in [6.07, 6.45) is 2.51. The van der Waals surface area contributed by atoms with Crippen LogP contribution in [0.4, 0.5) is 0 Å². The van der Waals surface area contributed by atoms with Crippen LogP contribution >= 0.6 is 0 Å². The van der Waals surface area contributed by atoms with Gasteiger partial charge in [0.15, 0.2) is 0 Å². The van der Waals surface area contributed by atoms with Gasteiger partial charge in [-0.25, -0.2) is 0 Å². The summed E-state index contributed by atoms with van der Waals surface area (Å²) < 4.78 is 0. The van der Waals surface area contributed by atoms with Gasteiger partial charge in [-0.05, 0) is 32.4 Å². The molecule has 122 valence electrons. The lowest BCUT2D eigenvalue weighted by atomic mass is 10.1. The third-order valence-corrected chi connectivity index (χ3v) is 4.47. The van der Waals surface area contributed by atoms with Gasteiger partial charge >= 0.3 is 0 Å². The summed E-state index contributed by atoms with van der Waals surface area (Å²) in [5.74, 6) is 0.178. The number of hydrogen-bond acceptors (Lipinski definition) is 3. The van der Waals surface area contributed by atoms with E-state index in [1.54, 1.807) is 0 Å². The van der Waals surface area contributed by atoms with Gasteiger partial charge in [0.1, 0.15) is 0 Å². The molecule has 0 radical (unpaired) electrons. The van der Waals surface area contributed by atoms with Crippen LogP contribution in [0.1, 0.15) is 25.3 Å². The second-order valence-corrected chi connectivity index (χ2v) is 6.33. The number of nitrogens with zero attached hydrogens (tertiary/aromatic N) is 2. The summed E-state index contributed by atoms with van der Waals surface area (Å²) in [6, 6.07) is 10.8. The maximum absolute atomic E-state index is 11.9. The van der Waals surface area contributed by atoms with E-state index in [9.17, 15) is 4.79 Å². The molecule has 1 atom stereocenters. The minimum absolute atomic E-state index is 0.178. The standard InChI is InChI=1S/C18H29N3O/c1-16(21-13-11-20(2)12-14-21)15-19-18(22)10-6-9-17-7-4-3-5-8-17/h3-5,7-8,16H,6,9-15H2,1-2H3,(H,19,22). The Bertz CT molecular complexity index is 441. The van der Waals surface area contributed by atoms with Crippen molar-refractivity contribution >= 4 is 5.91 Å². The van der Waals surface area contributed by atoms with Crippen molar-refractivity contribution < 1.29 is 4.79 Å². The van der Waals surface area contributed by atoms with Crippen LogP contribution in [0.2, 0.25) is 0 Å². The second-order valence-electron chi connectivity index (χ2n) is 6.33. The molecular weight excluding hydrogens is 274 g/mol. The smallest absolute Gasteiger partial charge is 0.220 e. The molecule has 1 fully saturated rings. The fraction of sp³-hybridized carbons (Fsp3) is 0.611. The molecule has 0 aromatic heterocycles. The maximum atomic E-state index is 11.9. The molecule has 0 spiro atoms. The number of carbonyl (C=O) groups excluding carboxylic acids is 1. The third-order valence-electron chi connectivity index (χ3n) is 4.47. The molecule has 22 heavy (non-hydrogen) atoms. The first kappa shape index (κ1) is 17.0. The number of nitrogens with one attached hydrogen (secondary N) is 1. The number of rotatable bonds is 7. The molecule has 1 aliphatic heterocycles. The number of amides is 1. The Labute approximate surface area is 134 Å². The van der Waals surface area contributed by atoms with Crippen molar-refractivity contribution in [1.82, 2.24) is 15.1 Å². The summed E-state index contributed by atoms with van der Waals surface area (Å²) in [5, 5.41) is 3.08. The van der Waals surface area contributed by atoms with Crippen LogP contribution in [0.5, 0.6) is 0 Å². The van der Waals surface area contributed by atoms with Crippen LogP contribution in [0.25, 0.3) is 0 Å². The van der Waals surface area contributed by atoms with Crippen molar-refractivity contribution in [3.8, 4) is 0 Å². The van der Waals surface area contributed by atoms with Gasteiger partial charge in [0.25, 0.3) is 0 Å². The molecule has 1 aliphatic rings. The highest BCUT2D eigenvalue weighted by Gasteiger charge is 2.19. The predicted octanol–water partition coefficient (Wildman–Crippen LogP) is 1.76. The lowest BCUT2D eigenvalue weighted by molar-refractivity contribution is -0.121. The largest absolute Gasteiger partial charge is 0.355 e. The van der Waals surface area contributed by atoms with E-state index in [-0.39, 0.29) is 5.91 Å². The summed E-state index contributed by atoms with van der Waals surface area (Å²) in [4.78, 5) is 16.7. The van der Waals surface area contributed by atoms with Gasteiger partial charge in [0, 0.05) is 45.2 Å². The van der Waals surface area contributed by atoms with Gasteiger partial charge in [-0.2, -0.15) is 0 Å². The number of piperazine rings is 1. The summed E-state index contributed by atoms with van der Waals surface area (Å²) >= 11 is 0. The Morgan fingerprint density at radius 3 is 2.55 bits per heavy atom. The van der Waals surface area contributed by atoms with E-state index in [1.165, 1.54) is 5.56 Å². The first-order valence-corrected chi connectivity index (χ1v) is 8.38. The molecule has 1 saturated heterocycles. The highest BCUT2D eigenvalue weighted by Crippen LogP contribution is 2.06. The van der Waals surface area contributed by atoms with Crippen LogP contribution in [-0.4, -0.2) is 61.5 Å². The molecule has 1 heterocycles. The first-order chi connectivity index (χ1) is 10.6. The molecule has 2 rings (SSSR count). The van der Waals surface area contributed by atoms with E-state index in [0.29, 0.717) is 12.5 Å². The highest BCUT2D eigenvalue weighted by molar-refractivity contribution is 5.75. The minimum atomic E-state index is 0.178. The number of likely N-dealkylation sites (N-methyl/N-ethyl adjacent to an activating group) is 1. The van der Waals surface area contributed by atoms with Crippen LogP contribution in [0.3, 0.4) is 0 Å². The number of aryl methyl sites for hydroxylation is 1. The van der Waals surface area contributed by atoms with Gasteiger partial charge in [-0.3, -0.25) is 9.69 Å². The van der Waals surface area contributed by atoms with E-state index in [4.69, 9.17) is 0 Å². The zero-order valence-electron chi connectivity index (χ0n) is 13.9. The van der Waals surface area contributed by atoms with Crippen molar-refractivity contribution in [3.05, 3.63) is 35.9 Å². The Morgan fingerprint density at radius 1 is 1.18 bits per heavy atom. The highest BCUT2D eigenvalue weighted by atomic mass is 16.1. The minimum Gasteiger partial charge on any atom is -0.355 e. The van der Waals surface area contributed by atoms with E-state index < -0.39 is 0 Å². The average molecular weight is 303 g/mol. The zero-order chi connectivity index (χ0) is 15.8. The fourth-order valence-corrected chi connectivity index (χ4v) is 2.84. The SMILES string of the molecule is CC(CNC(=O)CCCc1ccccc1)N1CCN(C)CC1. The fourth-order valence-electron chi connectivity index (χ4n) is 2.84. The van der Waals surface area contributed by atoms with E-state index in [0.717, 1.165) is 45.6 Å². The number of benzene rings is 1. The quantitative estimate of drug-likeness (QED) is 0.834. The maximum Gasteiger partial charge on any atom is 0.220 e. The van der Waals surface area contributed by atoms with E-state index in [1.807, 2.05) is 18.2 Å². The van der Waals surface area contributed by atoms with E-state index in [2.05, 4.69) is 41.2 Å². The molecule has 1 aromatic rings. The first-order valence-electron chi connectivity index (χ1n) is 8.38. The lowest BCUT2D eigenvalue weighted by Crippen LogP contribution is -2.51. The zero-order valence-corrected chi connectivity index (χ0v) is 13.9. The van der Waals surface area contributed by atoms with Crippen molar-refractivity contribution in [1.29, 1.82) is 0 Å². The molecule has 0 bridgehead atoms. The molecule has 1 unspecified atom stereocenters. The third kappa shape index (κ3) is 5.78. The van der Waals surface area contributed by atoms with Gasteiger partial charge in [0.2, 0.25) is 5.91 Å². The monoisotopic (exact) mass is 303 g/mol. The van der Waals surface area contributed by atoms with E-state index >= 15 is 0 Å². The molecular formula is C18H29N3O. The second kappa shape index (κ2) is 8.91. The molecule has 0 aliphatic carbocycles. The normalized spacial score (nSPS) is 18.1. The average Bonchev–Trinajstić information content (AvgIpc) is 2.54. The molecule has 1 aromatic carbocycles. The predicted molar refractivity (Wildman–Crippen MR) is 90.9 cm³/mol. The Morgan fingerprint density at radius 2 is 1.86 bits per heavy atom. The van der Waals surface area contributed by atoms with Gasteiger partial charge in [0.05, 0.1) is 0 Å². The van der Waals surface area contributed by atoms with Crippen LogP contribution in [-0.2, 0) is 11.2 Å². The molecule has 0 saturated carbocycles. The van der Waals surface area contributed by atoms with Crippen molar-refractivity contribution in [2.75, 3.05) is 39.8 Å². The van der Waals surface area contributed by atoms with Crippen molar-refractivity contribution in [2.45, 2.75) is 32.2 Å². The van der Waals surface area contributed by atoms with Crippen LogP contribution in [0.15, 0.2) is 30.3 Å². The van der Waals surface area contributed by atoms with Crippen LogP contribution in [0, 0.1) is 0 Å². The van der Waals surface area contributed by atoms with Gasteiger partial charge < -0.3 is 10.2 Å². The lowest BCUT2D eigenvalue weighted by Gasteiger charge is -2.36. The van der Waals surface area contributed by atoms with Gasteiger partial charge in [-0.1, -0.05) is 30.3 Å².